The second-order valence-corrected chi connectivity index (χ2v) is 7.43. The average Bonchev–Trinajstić information content (AvgIpc) is 2.72. The predicted molar refractivity (Wildman–Crippen MR) is 114 cm³/mol. The standard InChI is InChI=1S/C23H28ClFN2O2/c1-3-4-15-26-23(29)17(2)27(16-19-10-6-8-12-21(19)25)22(28)14-13-18-9-5-7-11-20(18)24/h5-12,17H,3-4,13-16H2,1-2H3,(H,26,29)/t17-/m0/s1. The van der Waals surface area contributed by atoms with Crippen LogP contribution in [0.1, 0.15) is 44.2 Å². The molecule has 2 amide bonds. The number of amides is 2. The summed E-state index contributed by atoms with van der Waals surface area (Å²) in [7, 11) is 0. The number of unbranched alkanes of at least 4 members (excludes halogenated alkanes) is 1. The van der Waals surface area contributed by atoms with E-state index in [1.807, 2.05) is 25.1 Å². The Hall–Kier alpha value is -2.40. The average molecular weight is 419 g/mol. The monoisotopic (exact) mass is 418 g/mol. The van der Waals surface area contributed by atoms with Crippen LogP contribution in [0.15, 0.2) is 48.5 Å². The van der Waals surface area contributed by atoms with Crippen LogP contribution in [0, 0.1) is 5.82 Å². The summed E-state index contributed by atoms with van der Waals surface area (Å²) in [5, 5.41) is 3.46. The lowest BCUT2D eigenvalue weighted by Crippen LogP contribution is -2.48. The third kappa shape index (κ3) is 6.86. The topological polar surface area (TPSA) is 49.4 Å². The second kappa shape index (κ2) is 11.6. The molecular weight excluding hydrogens is 391 g/mol. The molecule has 29 heavy (non-hydrogen) atoms. The summed E-state index contributed by atoms with van der Waals surface area (Å²) in [6.07, 6.45) is 2.47. The molecule has 156 valence electrons. The van der Waals surface area contributed by atoms with Crippen LogP contribution in [-0.4, -0.2) is 29.3 Å². The third-order valence-electron chi connectivity index (χ3n) is 4.86. The number of aryl methyl sites for hydroxylation is 1. The molecule has 0 aliphatic rings. The highest BCUT2D eigenvalue weighted by Gasteiger charge is 2.26. The molecule has 0 saturated carbocycles. The molecule has 0 aliphatic heterocycles. The zero-order valence-electron chi connectivity index (χ0n) is 17.0. The van der Waals surface area contributed by atoms with Gasteiger partial charge < -0.3 is 10.2 Å². The number of nitrogens with one attached hydrogen (secondary N) is 1. The molecule has 0 fully saturated rings. The highest BCUT2D eigenvalue weighted by Crippen LogP contribution is 2.19. The fourth-order valence-electron chi connectivity index (χ4n) is 3.02. The lowest BCUT2D eigenvalue weighted by atomic mass is 10.1. The summed E-state index contributed by atoms with van der Waals surface area (Å²) < 4.78 is 14.2. The molecule has 4 nitrogen and oxygen atoms in total. The largest absolute Gasteiger partial charge is 0.354 e. The first-order valence-electron chi connectivity index (χ1n) is 9.98. The van der Waals surface area contributed by atoms with Crippen molar-refractivity contribution in [2.75, 3.05) is 6.54 Å². The van der Waals surface area contributed by atoms with Crippen molar-refractivity contribution < 1.29 is 14.0 Å². The van der Waals surface area contributed by atoms with Gasteiger partial charge in [0, 0.05) is 30.1 Å². The van der Waals surface area contributed by atoms with E-state index in [1.54, 1.807) is 31.2 Å². The molecule has 0 saturated heterocycles. The summed E-state index contributed by atoms with van der Waals surface area (Å²) in [5.74, 6) is -0.845. The van der Waals surface area contributed by atoms with Gasteiger partial charge in [0.1, 0.15) is 11.9 Å². The number of halogens is 2. The van der Waals surface area contributed by atoms with E-state index in [0.717, 1.165) is 18.4 Å². The zero-order chi connectivity index (χ0) is 21.2. The van der Waals surface area contributed by atoms with Gasteiger partial charge in [0.05, 0.1) is 0 Å². The molecule has 0 heterocycles. The predicted octanol–water partition coefficient (Wildman–Crippen LogP) is 4.75. The maximum Gasteiger partial charge on any atom is 0.242 e. The van der Waals surface area contributed by atoms with Crippen LogP contribution in [0.2, 0.25) is 5.02 Å². The van der Waals surface area contributed by atoms with Gasteiger partial charge in [0.2, 0.25) is 11.8 Å². The number of hydrogen-bond acceptors (Lipinski definition) is 2. The molecule has 0 aliphatic carbocycles. The van der Waals surface area contributed by atoms with Gasteiger partial charge in [-0.05, 0) is 37.5 Å². The summed E-state index contributed by atoms with van der Waals surface area (Å²) in [5.41, 5.74) is 1.25. The Morgan fingerprint density at radius 1 is 1.10 bits per heavy atom. The van der Waals surface area contributed by atoms with E-state index in [-0.39, 0.29) is 24.8 Å². The molecule has 2 rings (SSSR count). The Labute approximate surface area is 177 Å². The maximum absolute atomic E-state index is 14.2. The molecule has 1 N–H and O–H groups in total. The van der Waals surface area contributed by atoms with Gasteiger partial charge in [-0.15, -0.1) is 0 Å². The lowest BCUT2D eigenvalue weighted by molar-refractivity contribution is -0.140. The van der Waals surface area contributed by atoms with E-state index in [9.17, 15) is 14.0 Å². The van der Waals surface area contributed by atoms with E-state index in [2.05, 4.69) is 5.32 Å². The molecule has 0 bridgehead atoms. The van der Waals surface area contributed by atoms with E-state index < -0.39 is 11.9 Å². The highest BCUT2D eigenvalue weighted by molar-refractivity contribution is 6.31. The smallest absolute Gasteiger partial charge is 0.242 e. The fraction of sp³-hybridized carbons (Fsp3) is 0.391. The molecule has 2 aromatic rings. The number of carbonyl (C=O) groups excluding carboxylic acids is 2. The van der Waals surface area contributed by atoms with Gasteiger partial charge >= 0.3 is 0 Å². The Balaban J connectivity index is 2.14. The quantitative estimate of drug-likeness (QED) is 0.566. The SMILES string of the molecule is CCCCNC(=O)[C@H](C)N(Cc1ccccc1F)C(=O)CCc1ccccc1Cl. The van der Waals surface area contributed by atoms with Crippen molar-refractivity contribution in [3.8, 4) is 0 Å². The van der Waals surface area contributed by atoms with Gasteiger partial charge in [-0.1, -0.05) is 61.3 Å². The Bertz CT molecular complexity index is 828. The van der Waals surface area contributed by atoms with E-state index in [4.69, 9.17) is 11.6 Å². The number of nitrogens with zero attached hydrogens (tertiary/aromatic N) is 1. The first-order chi connectivity index (χ1) is 13.9. The van der Waals surface area contributed by atoms with Gasteiger partial charge in [-0.25, -0.2) is 4.39 Å². The highest BCUT2D eigenvalue weighted by atomic mass is 35.5. The third-order valence-corrected chi connectivity index (χ3v) is 5.23. The van der Waals surface area contributed by atoms with Crippen molar-refractivity contribution >= 4 is 23.4 Å². The second-order valence-electron chi connectivity index (χ2n) is 7.03. The van der Waals surface area contributed by atoms with E-state index >= 15 is 0 Å². The Morgan fingerprint density at radius 3 is 2.41 bits per heavy atom. The van der Waals surface area contributed by atoms with Crippen LogP contribution in [0.25, 0.3) is 0 Å². The molecule has 0 unspecified atom stereocenters. The summed E-state index contributed by atoms with van der Waals surface area (Å²) in [6.45, 7) is 4.31. The molecule has 0 spiro atoms. The van der Waals surface area contributed by atoms with Crippen LogP contribution in [0.3, 0.4) is 0 Å². The number of benzene rings is 2. The van der Waals surface area contributed by atoms with Crippen molar-refractivity contribution in [3.05, 3.63) is 70.5 Å². The van der Waals surface area contributed by atoms with Crippen molar-refractivity contribution in [3.63, 3.8) is 0 Å². The number of rotatable bonds is 10. The van der Waals surface area contributed by atoms with Crippen LogP contribution < -0.4 is 5.32 Å². The summed E-state index contributed by atoms with van der Waals surface area (Å²) in [4.78, 5) is 27.0. The van der Waals surface area contributed by atoms with Gasteiger partial charge in [0.15, 0.2) is 0 Å². The first-order valence-corrected chi connectivity index (χ1v) is 10.4. The molecular formula is C23H28ClFN2O2. The zero-order valence-corrected chi connectivity index (χ0v) is 17.7. The van der Waals surface area contributed by atoms with Crippen molar-refractivity contribution in [2.45, 2.75) is 52.1 Å². The van der Waals surface area contributed by atoms with Crippen molar-refractivity contribution in [1.29, 1.82) is 0 Å². The van der Waals surface area contributed by atoms with Crippen LogP contribution in [-0.2, 0) is 22.6 Å². The van der Waals surface area contributed by atoms with Crippen LogP contribution in [0.5, 0.6) is 0 Å². The van der Waals surface area contributed by atoms with Gasteiger partial charge in [-0.2, -0.15) is 0 Å². The number of hydrogen-bond donors (Lipinski definition) is 1. The fourth-order valence-corrected chi connectivity index (χ4v) is 3.25. The molecule has 6 heteroatoms. The van der Waals surface area contributed by atoms with Gasteiger partial charge in [0.25, 0.3) is 0 Å². The lowest BCUT2D eigenvalue weighted by Gasteiger charge is -2.29. The van der Waals surface area contributed by atoms with Gasteiger partial charge in [-0.3, -0.25) is 9.59 Å². The molecule has 0 aromatic heterocycles. The Morgan fingerprint density at radius 2 is 1.76 bits per heavy atom. The van der Waals surface area contributed by atoms with Crippen molar-refractivity contribution in [2.24, 2.45) is 0 Å². The van der Waals surface area contributed by atoms with Crippen LogP contribution >= 0.6 is 11.6 Å². The first kappa shape index (κ1) is 22.9. The minimum absolute atomic E-state index is 0.0381. The number of carbonyl (C=O) groups is 2. The minimum atomic E-state index is -0.704. The summed E-state index contributed by atoms with van der Waals surface area (Å²) in [6, 6.07) is 13.0. The molecule has 1 atom stereocenters. The summed E-state index contributed by atoms with van der Waals surface area (Å²) >= 11 is 6.18. The van der Waals surface area contributed by atoms with E-state index in [0.29, 0.717) is 23.6 Å². The maximum atomic E-state index is 14.2. The van der Waals surface area contributed by atoms with Crippen LogP contribution in [0.4, 0.5) is 4.39 Å². The minimum Gasteiger partial charge on any atom is -0.354 e. The van der Waals surface area contributed by atoms with Crippen molar-refractivity contribution in [1.82, 2.24) is 10.2 Å². The normalized spacial score (nSPS) is 11.7. The Kier molecular flexibility index (Phi) is 9.13. The molecule has 0 radical (unpaired) electrons. The molecule has 2 aromatic carbocycles. The van der Waals surface area contributed by atoms with E-state index in [1.165, 1.54) is 11.0 Å².